The van der Waals surface area contributed by atoms with Gasteiger partial charge in [0.05, 0.1) is 12.7 Å². The number of nitrogens with zero attached hydrogens (tertiary/aromatic N) is 1. The zero-order valence-electron chi connectivity index (χ0n) is 11.7. The molecule has 0 unspecified atom stereocenters. The van der Waals surface area contributed by atoms with Crippen molar-refractivity contribution in [2.24, 2.45) is 5.92 Å². The lowest BCUT2D eigenvalue weighted by atomic mass is 9.84. The third-order valence-electron chi connectivity index (χ3n) is 2.90. The van der Waals surface area contributed by atoms with E-state index >= 15 is 0 Å². The molecule has 18 heavy (non-hydrogen) atoms. The average molecular weight is 322 g/mol. The fourth-order valence-electron chi connectivity index (χ4n) is 1.72. The smallest absolute Gasteiger partial charge is 0.410 e. The van der Waals surface area contributed by atoms with Crippen LogP contribution in [0.25, 0.3) is 0 Å². The van der Waals surface area contributed by atoms with Gasteiger partial charge in [-0.1, -0.05) is 15.9 Å². The molecule has 0 aliphatic heterocycles. The van der Waals surface area contributed by atoms with Gasteiger partial charge in [-0.25, -0.2) is 4.79 Å². The first kappa shape index (κ1) is 15.8. The highest BCUT2D eigenvalue weighted by molar-refractivity contribution is 9.09. The Bertz CT molecular complexity index is 272. The van der Waals surface area contributed by atoms with Crippen LogP contribution in [-0.2, 0) is 9.47 Å². The lowest BCUT2D eigenvalue weighted by molar-refractivity contribution is -0.0327. The number of alkyl halides is 1. The molecule has 1 fully saturated rings. The zero-order valence-corrected chi connectivity index (χ0v) is 13.3. The summed E-state index contributed by atoms with van der Waals surface area (Å²) >= 11 is 3.47. The molecule has 4 nitrogen and oxygen atoms in total. The fourth-order valence-corrected chi connectivity index (χ4v) is 2.25. The Kier molecular flexibility index (Phi) is 5.92. The number of carbonyl (C=O) groups is 1. The summed E-state index contributed by atoms with van der Waals surface area (Å²) < 4.78 is 10.9. The van der Waals surface area contributed by atoms with Crippen molar-refractivity contribution in [3.63, 3.8) is 0 Å². The van der Waals surface area contributed by atoms with Crippen molar-refractivity contribution in [3.05, 3.63) is 0 Å². The van der Waals surface area contributed by atoms with E-state index in [9.17, 15) is 4.79 Å². The molecule has 0 spiro atoms. The van der Waals surface area contributed by atoms with Gasteiger partial charge in [-0.05, 0) is 39.5 Å². The molecule has 0 aromatic heterocycles. The first-order valence-corrected chi connectivity index (χ1v) is 7.55. The molecular weight excluding hydrogens is 298 g/mol. The summed E-state index contributed by atoms with van der Waals surface area (Å²) in [5.41, 5.74) is -0.441. The van der Waals surface area contributed by atoms with Crippen LogP contribution in [0.2, 0.25) is 0 Å². The van der Waals surface area contributed by atoms with Gasteiger partial charge in [0.1, 0.15) is 5.60 Å². The van der Waals surface area contributed by atoms with Crippen molar-refractivity contribution in [3.8, 4) is 0 Å². The van der Waals surface area contributed by atoms with Crippen LogP contribution in [0, 0.1) is 5.92 Å². The number of hydrogen-bond donors (Lipinski definition) is 0. The van der Waals surface area contributed by atoms with E-state index < -0.39 is 5.60 Å². The molecule has 0 saturated heterocycles. The molecule has 0 atom stereocenters. The Balaban J connectivity index is 2.10. The second kappa shape index (κ2) is 6.75. The Morgan fingerprint density at radius 1 is 1.39 bits per heavy atom. The summed E-state index contributed by atoms with van der Waals surface area (Å²) in [6.45, 7) is 6.75. The lowest BCUT2D eigenvalue weighted by Crippen LogP contribution is -2.38. The van der Waals surface area contributed by atoms with Crippen LogP contribution in [0.15, 0.2) is 0 Å². The number of halogens is 1. The summed E-state index contributed by atoms with van der Waals surface area (Å²) in [6, 6.07) is 0. The van der Waals surface area contributed by atoms with Crippen LogP contribution in [0.4, 0.5) is 4.79 Å². The molecule has 106 valence electrons. The van der Waals surface area contributed by atoms with Crippen molar-refractivity contribution in [2.75, 3.05) is 25.5 Å². The number of hydrogen-bond acceptors (Lipinski definition) is 3. The normalized spacial score (nSPS) is 23.4. The predicted molar refractivity (Wildman–Crippen MR) is 75.1 cm³/mol. The molecule has 1 saturated carbocycles. The second-order valence-electron chi connectivity index (χ2n) is 5.89. The molecule has 5 heteroatoms. The highest BCUT2D eigenvalue weighted by atomic mass is 79.9. The SMILES string of the molecule is CN(CCOC1CC(CBr)C1)C(=O)OC(C)(C)C. The topological polar surface area (TPSA) is 38.8 Å². The molecule has 0 aromatic rings. The molecule has 0 heterocycles. The van der Waals surface area contributed by atoms with Crippen LogP contribution in [0.5, 0.6) is 0 Å². The highest BCUT2D eigenvalue weighted by Gasteiger charge is 2.28. The lowest BCUT2D eigenvalue weighted by Gasteiger charge is -2.34. The third kappa shape index (κ3) is 5.57. The van der Waals surface area contributed by atoms with Gasteiger partial charge in [0.15, 0.2) is 0 Å². The number of carbonyl (C=O) groups excluding carboxylic acids is 1. The summed E-state index contributed by atoms with van der Waals surface area (Å²) in [6.07, 6.45) is 2.33. The van der Waals surface area contributed by atoms with Gasteiger partial charge in [-0.2, -0.15) is 0 Å². The molecule has 0 bridgehead atoms. The maximum Gasteiger partial charge on any atom is 0.410 e. The van der Waals surface area contributed by atoms with Crippen LogP contribution < -0.4 is 0 Å². The Morgan fingerprint density at radius 3 is 2.50 bits per heavy atom. The van der Waals surface area contributed by atoms with E-state index in [1.165, 1.54) is 0 Å². The van der Waals surface area contributed by atoms with Crippen LogP contribution in [0.3, 0.4) is 0 Å². The quantitative estimate of drug-likeness (QED) is 0.730. The minimum Gasteiger partial charge on any atom is -0.444 e. The predicted octanol–water partition coefficient (Wildman–Crippen LogP) is 3.04. The number of rotatable bonds is 5. The van der Waals surface area contributed by atoms with E-state index in [0.717, 1.165) is 24.1 Å². The van der Waals surface area contributed by atoms with Crippen molar-refractivity contribution >= 4 is 22.0 Å². The molecular formula is C13H24BrNO3. The Morgan fingerprint density at radius 2 is 2.00 bits per heavy atom. The molecule has 1 aliphatic carbocycles. The van der Waals surface area contributed by atoms with Crippen molar-refractivity contribution < 1.29 is 14.3 Å². The standard InChI is InChI=1S/C13H24BrNO3/c1-13(2,3)18-12(16)15(4)5-6-17-11-7-10(8-11)9-14/h10-11H,5-9H2,1-4H3. The van der Waals surface area contributed by atoms with Gasteiger partial charge in [0, 0.05) is 18.9 Å². The third-order valence-corrected chi connectivity index (χ3v) is 3.81. The molecule has 1 aliphatic rings. The van der Waals surface area contributed by atoms with E-state index in [1.54, 1.807) is 11.9 Å². The van der Waals surface area contributed by atoms with Gasteiger partial charge < -0.3 is 14.4 Å². The van der Waals surface area contributed by atoms with Crippen LogP contribution in [-0.4, -0.2) is 48.2 Å². The number of likely N-dealkylation sites (N-methyl/N-ethyl adjacent to an activating group) is 1. The first-order valence-electron chi connectivity index (χ1n) is 6.43. The monoisotopic (exact) mass is 321 g/mol. The summed E-state index contributed by atoms with van der Waals surface area (Å²) in [5.74, 6) is 0.763. The number of amides is 1. The summed E-state index contributed by atoms with van der Waals surface area (Å²) in [5, 5.41) is 1.06. The van der Waals surface area contributed by atoms with E-state index in [0.29, 0.717) is 19.3 Å². The Labute approximate surface area is 118 Å². The van der Waals surface area contributed by atoms with Gasteiger partial charge in [0.2, 0.25) is 0 Å². The van der Waals surface area contributed by atoms with E-state index in [-0.39, 0.29) is 6.09 Å². The maximum atomic E-state index is 11.7. The summed E-state index contributed by atoms with van der Waals surface area (Å²) in [4.78, 5) is 13.2. The van der Waals surface area contributed by atoms with Crippen molar-refractivity contribution in [2.45, 2.75) is 45.3 Å². The average Bonchev–Trinajstić information content (AvgIpc) is 2.18. The molecule has 0 N–H and O–H groups in total. The number of ether oxygens (including phenoxy) is 2. The molecule has 1 rings (SSSR count). The Hall–Kier alpha value is -0.290. The van der Waals surface area contributed by atoms with Gasteiger partial charge in [-0.3, -0.25) is 0 Å². The fraction of sp³-hybridized carbons (Fsp3) is 0.923. The molecule has 0 aromatic carbocycles. The van der Waals surface area contributed by atoms with E-state index in [4.69, 9.17) is 9.47 Å². The second-order valence-corrected chi connectivity index (χ2v) is 6.53. The maximum absolute atomic E-state index is 11.7. The van der Waals surface area contributed by atoms with Crippen LogP contribution in [0.1, 0.15) is 33.6 Å². The highest BCUT2D eigenvalue weighted by Crippen LogP contribution is 2.31. The van der Waals surface area contributed by atoms with Crippen molar-refractivity contribution in [1.29, 1.82) is 0 Å². The molecule has 1 amide bonds. The van der Waals surface area contributed by atoms with E-state index in [2.05, 4.69) is 15.9 Å². The minimum atomic E-state index is -0.441. The van der Waals surface area contributed by atoms with Crippen LogP contribution >= 0.6 is 15.9 Å². The van der Waals surface area contributed by atoms with Gasteiger partial charge in [0.25, 0.3) is 0 Å². The van der Waals surface area contributed by atoms with Gasteiger partial charge in [-0.15, -0.1) is 0 Å². The first-order chi connectivity index (χ1) is 8.31. The minimum absolute atomic E-state index is 0.293. The largest absolute Gasteiger partial charge is 0.444 e. The summed E-state index contributed by atoms with van der Waals surface area (Å²) in [7, 11) is 1.74. The van der Waals surface area contributed by atoms with Gasteiger partial charge >= 0.3 is 6.09 Å². The molecule has 0 radical (unpaired) electrons. The van der Waals surface area contributed by atoms with Crippen molar-refractivity contribution in [1.82, 2.24) is 4.90 Å². The zero-order chi connectivity index (χ0) is 13.8. The van der Waals surface area contributed by atoms with E-state index in [1.807, 2.05) is 20.8 Å².